The molecule has 0 unspecified atom stereocenters. The van der Waals surface area contributed by atoms with Gasteiger partial charge in [-0.2, -0.15) is 0 Å². The lowest BCUT2D eigenvalue weighted by atomic mass is 10.2. The maximum Gasteiger partial charge on any atom is 0.123 e. The van der Waals surface area contributed by atoms with E-state index in [0.717, 1.165) is 60.5 Å². The topological polar surface area (TPSA) is 37.8 Å². The van der Waals surface area contributed by atoms with Crippen LogP contribution in [0.3, 0.4) is 0 Å². The number of aromatic nitrogens is 1. The Morgan fingerprint density at radius 1 is 1.00 bits per heavy atom. The van der Waals surface area contributed by atoms with E-state index in [-0.39, 0.29) is 0 Å². The van der Waals surface area contributed by atoms with Crippen molar-refractivity contribution in [1.29, 1.82) is 0 Å². The van der Waals surface area contributed by atoms with E-state index in [1.54, 1.807) is 18.4 Å². The molecule has 0 spiro atoms. The first-order valence-corrected chi connectivity index (χ1v) is 10.9. The average Bonchev–Trinajstić information content (AvgIpc) is 3.23. The monoisotopic (exact) mass is 409 g/mol. The highest BCUT2D eigenvalue weighted by Crippen LogP contribution is 2.27. The molecule has 29 heavy (non-hydrogen) atoms. The Morgan fingerprint density at radius 2 is 1.79 bits per heavy atom. The van der Waals surface area contributed by atoms with Crippen LogP contribution in [0, 0.1) is 0 Å². The summed E-state index contributed by atoms with van der Waals surface area (Å²) in [5, 5.41) is 3.25. The molecule has 0 radical (unpaired) electrons. The van der Waals surface area contributed by atoms with Gasteiger partial charge in [0.2, 0.25) is 0 Å². The van der Waals surface area contributed by atoms with E-state index < -0.39 is 0 Å². The van der Waals surface area contributed by atoms with E-state index in [4.69, 9.17) is 14.5 Å². The fourth-order valence-electron chi connectivity index (χ4n) is 3.57. The highest BCUT2D eigenvalue weighted by molar-refractivity contribution is 7.13. The van der Waals surface area contributed by atoms with E-state index in [1.165, 1.54) is 5.69 Å². The molecule has 1 aliphatic heterocycles. The van der Waals surface area contributed by atoms with Crippen molar-refractivity contribution >= 4 is 17.0 Å². The van der Waals surface area contributed by atoms with Crippen LogP contribution in [-0.2, 0) is 6.54 Å². The van der Waals surface area contributed by atoms with Gasteiger partial charge in [0.15, 0.2) is 0 Å². The third-order valence-electron chi connectivity index (χ3n) is 5.14. The third-order valence-corrected chi connectivity index (χ3v) is 6.08. The highest BCUT2D eigenvalue weighted by atomic mass is 32.1. The summed E-state index contributed by atoms with van der Waals surface area (Å²) in [6.07, 6.45) is 0. The van der Waals surface area contributed by atoms with Crippen molar-refractivity contribution < 1.29 is 9.47 Å². The van der Waals surface area contributed by atoms with E-state index in [9.17, 15) is 0 Å². The molecule has 1 aliphatic rings. The predicted octanol–water partition coefficient (Wildman–Crippen LogP) is 4.54. The van der Waals surface area contributed by atoms with Crippen molar-refractivity contribution in [2.45, 2.75) is 13.5 Å². The number of ether oxygens (including phenoxy) is 2. The van der Waals surface area contributed by atoms with E-state index >= 15 is 0 Å². The summed E-state index contributed by atoms with van der Waals surface area (Å²) >= 11 is 1.71. The van der Waals surface area contributed by atoms with Crippen LogP contribution >= 0.6 is 11.3 Å². The van der Waals surface area contributed by atoms with Crippen LogP contribution in [0.5, 0.6) is 11.5 Å². The molecule has 152 valence electrons. The van der Waals surface area contributed by atoms with Gasteiger partial charge in [0.25, 0.3) is 0 Å². The second-order valence-electron chi connectivity index (χ2n) is 7.07. The minimum atomic E-state index is 0.686. The van der Waals surface area contributed by atoms with Crippen LogP contribution < -0.4 is 14.4 Å². The standard InChI is InChI=1S/C23H27N3O2S/c1-3-28-21-9-7-18(8-10-21)23-24-19(17-29-23)16-25-11-13-26(14-12-25)20-5-4-6-22(15-20)27-2/h4-10,15,17H,3,11-14,16H2,1-2H3. The van der Waals surface area contributed by atoms with Gasteiger partial charge in [-0.25, -0.2) is 4.98 Å². The molecule has 3 aromatic rings. The summed E-state index contributed by atoms with van der Waals surface area (Å²) in [5.74, 6) is 1.82. The fourth-order valence-corrected chi connectivity index (χ4v) is 4.39. The molecule has 0 aliphatic carbocycles. The zero-order valence-electron chi connectivity index (χ0n) is 17.0. The number of hydrogen-bond donors (Lipinski definition) is 0. The maximum atomic E-state index is 5.52. The van der Waals surface area contributed by atoms with Gasteiger partial charge in [0.05, 0.1) is 19.4 Å². The molecule has 0 amide bonds. The molecular formula is C23H27N3O2S. The summed E-state index contributed by atoms with van der Waals surface area (Å²) in [6.45, 7) is 7.69. The molecule has 2 heterocycles. The Morgan fingerprint density at radius 3 is 2.52 bits per heavy atom. The number of rotatable bonds is 7. The van der Waals surface area contributed by atoms with Gasteiger partial charge in [0.1, 0.15) is 16.5 Å². The summed E-state index contributed by atoms with van der Waals surface area (Å²) in [4.78, 5) is 9.76. The molecule has 4 rings (SSSR count). The van der Waals surface area contributed by atoms with Crippen LogP contribution in [0.15, 0.2) is 53.9 Å². The molecular weight excluding hydrogens is 382 g/mol. The Labute approximate surface area is 176 Å². The molecule has 0 N–H and O–H groups in total. The number of methoxy groups -OCH3 is 1. The van der Waals surface area contributed by atoms with Gasteiger partial charge >= 0.3 is 0 Å². The molecule has 1 saturated heterocycles. The second kappa shape index (κ2) is 9.29. The molecule has 0 bridgehead atoms. The van der Waals surface area contributed by atoms with E-state index in [0.29, 0.717) is 6.61 Å². The number of anilines is 1. The van der Waals surface area contributed by atoms with Crippen LogP contribution in [0.2, 0.25) is 0 Å². The fraction of sp³-hybridized carbons (Fsp3) is 0.348. The van der Waals surface area contributed by atoms with Gasteiger partial charge in [-0.15, -0.1) is 11.3 Å². The van der Waals surface area contributed by atoms with Crippen molar-refractivity contribution in [2.75, 3.05) is 44.8 Å². The molecule has 0 saturated carbocycles. The number of thiazole rings is 1. The van der Waals surface area contributed by atoms with Crippen molar-refractivity contribution in [3.63, 3.8) is 0 Å². The van der Waals surface area contributed by atoms with Gasteiger partial charge in [-0.1, -0.05) is 6.07 Å². The van der Waals surface area contributed by atoms with Crippen molar-refractivity contribution in [3.8, 4) is 22.1 Å². The molecule has 0 atom stereocenters. The Balaban J connectivity index is 1.33. The quantitative estimate of drug-likeness (QED) is 0.573. The van der Waals surface area contributed by atoms with Gasteiger partial charge in [0, 0.05) is 55.4 Å². The van der Waals surface area contributed by atoms with Crippen LogP contribution in [0.4, 0.5) is 5.69 Å². The highest BCUT2D eigenvalue weighted by Gasteiger charge is 2.18. The number of nitrogens with zero attached hydrogens (tertiary/aromatic N) is 3. The summed E-state index contributed by atoms with van der Waals surface area (Å²) in [6, 6.07) is 16.5. The van der Waals surface area contributed by atoms with Gasteiger partial charge < -0.3 is 14.4 Å². The Bertz CT molecular complexity index is 918. The maximum absolute atomic E-state index is 5.52. The normalized spacial score (nSPS) is 14.8. The van der Waals surface area contributed by atoms with Gasteiger partial charge in [-0.3, -0.25) is 4.90 Å². The predicted molar refractivity (Wildman–Crippen MR) is 119 cm³/mol. The average molecular weight is 410 g/mol. The summed E-state index contributed by atoms with van der Waals surface area (Å²) in [5.41, 5.74) is 3.52. The smallest absolute Gasteiger partial charge is 0.123 e. The van der Waals surface area contributed by atoms with Crippen LogP contribution in [0.25, 0.3) is 10.6 Å². The van der Waals surface area contributed by atoms with E-state index in [2.05, 4.69) is 45.5 Å². The summed E-state index contributed by atoms with van der Waals surface area (Å²) in [7, 11) is 1.71. The van der Waals surface area contributed by atoms with Crippen molar-refractivity contribution in [2.24, 2.45) is 0 Å². The molecule has 1 aromatic heterocycles. The largest absolute Gasteiger partial charge is 0.497 e. The van der Waals surface area contributed by atoms with Crippen molar-refractivity contribution in [3.05, 3.63) is 59.6 Å². The minimum absolute atomic E-state index is 0.686. The van der Waals surface area contributed by atoms with E-state index in [1.807, 2.05) is 25.1 Å². The zero-order chi connectivity index (χ0) is 20.1. The van der Waals surface area contributed by atoms with Crippen LogP contribution in [0.1, 0.15) is 12.6 Å². The first kappa shape index (κ1) is 19.7. The number of benzene rings is 2. The lowest BCUT2D eigenvalue weighted by Gasteiger charge is -2.35. The number of hydrogen-bond acceptors (Lipinski definition) is 6. The Hall–Kier alpha value is -2.57. The first-order chi connectivity index (χ1) is 14.2. The second-order valence-corrected chi connectivity index (χ2v) is 7.92. The zero-order valence-corrected chi connectivity index (χ0v) is 17.8. The molecule has 2 aromatic carbocycles. The third kappa shape index (κ3) is 4.89. The Kier molecular flexibility index (Phi) is 6.32. The minimum Gasteiger partial charge on any atom is -0.497 e. The van der Waals surface area contributed by atoms with Gasteiger partial charge in [-0.05, 0) is 43.3 Å². The molecule has 1 fully saturated rings. The molecule has 6 heteroatoms. The van der Waals surface area contributed by atoms with Crippen LogP contribution in [-0.4, -0.2) is 49.8 Å². The van der Waals surface area contributed by atoms with Crippen molar-refractivity contribution in [1.82, 2.24) is 9.88 Å². The molecule has 5 nitrogen and oxygen atoms in total. The lowest BCUT2D eigenvalue weighted by Crippen LogP contribution is -2.46. The lowest BCUT2D eigenvalue weighted by molar-refractivity contribution is 0.247. The number of piperazine rings is 1. The first-order valence-electron chi connectivity index (χ1n) is 10.0. The SMILES string of the molecule is CCOc1ccc(-c2nc(CN3CCN(c4cccc(OC)c4)CC3)cs2)cc1. The summed E-state index contributed by atoms with van der Waals surface area (Å²) < 4.78 is 10.9.